The van der Waals surface area contributed by atoms with Gasteiger partial charge in [-0.15, -0.1) is 0 Å². The van der Waals surface area contributed by atoms with Gasteiger partial charge in [0.05, 0.1) is 0 Å². The monoisotopic (exact) mass is 309 g/mol. The molecule has 23 heavy (non-hydrogen) atoms. The Labute approximate surface area is 142 Å². The smallest absolute Gasteiger partial charge is 0.00672 e. The van der Waals surface area contributed by atoms with Crippen LogP contribution < -0.4 is 5.32 Å². The van der Waals surface area contributed by atoms with Gasteiger partial charge in [-0.05, 0) is 50.3 Å². The van der Waals surface area contributed by atoms with E-state index < -0.39 is 0 Å². The Balaban J connectivity index is 1.53. The maximum absolute atomic E-state index is 3.49. The quantitative estimate of drug-likeness (QED) is 0.548. The van der Waals surface area contributed by atoms with Gasteiger partial charge in [0.15, 0.2) is 0 Å². The van der Waals surface area contributed by atoms with E-state index in [0.717, 1.165) is 0 Å². The molecule has 0 spiro atoms. The lowest BCUT2D eigenvalue weighted by atomic mass is 9.99. The molecule has 0 heterocycles. The average Bonchev–Trinajstić information content (AvgIpc) is 2.62. The predicted molar refractivity (Wildman–Crippen MR) is 101 cm³/mol. The zero-order valence-electron chi connectivity index (χ0n) is 14.5. The van der Waals surface area contributed by atoms with Crippen molar-refractivity contribution in [2.75, 3.05) is 7.05 Å². The van der Waals surface area contributed by atoms with E-state index in [1.807, 2.05) is 0 Å². The van der Waals surface area contributed by atoms with Crippen LogP contribution in [0.4, 0.5) is 0 Å². The van der Waals surface area contributed by atoms with E-state index >= 15 is 0 Å². The first-order valence-electron chi connectivity index (χ1n) is 9.13. The number of benzene rings is 2. The molecule has 124 valence electrons. The summed E-state index contributed by atoms with van der Waals surface area (Å²) in [5.74, 6) is 0. The van der Waals surface area contributed by atoms with Gasteiger partial charge in [-0.1, -0.05) is 79.9 Å². The van der Waals surface area contributed by atoms with Gasteiger partial charge in [-0.2, -0.15) is 0 Å². The highest BCUT2D eigenvalue weighted by molar-refractivity contribution is 5.15. The van der Waals surface area contributed by atoms with Crippen molar-refractivity contribution in [3.05, 3.63) is 71.8 Å². The fourth-order valence-electron chi connectivity index (χ4n) is 3.14. The molecule has 0 saturated carbocycles. The Morgan fingerprint density at radius 2 is 1.22 bits per heavy atom. The maximum atomic E-state index is 3.49. The van der Waals surface area contributed by atoms with Crippen LogP contribution in [0.2, 0.25) is 0 Å². The number of hydrogen-bond acceptors (Lipinski definition) is 1. The van der Waals surface area contributed by atoms with Crippen molar-refractivity contribution in [2.45, 2.75) is 57.4 Å². The second-order valence-corrected chi connectivity index (χ2v) is 6.45. The number of unbranched alkanes of at least 4 members (excludes halogenated alkanes) is 3. The molecule has 0 unspecified atom stereocenters. The number of aryl methyl sites for hydroxylation is 2. The maximum Gasteiger partial charge on any atom is 0.00672 e. The van der Waals surface area contributed by atoms with Gasteiger partial charge in [-0.3, -0.25) is 0 Å². The standard InChI is InChI=1S/C22H31N/c1-23-22(19-18-21-15-9-5-10-16-21)17-11-3-2-6-12-20-13-7-4-8-14-20/h4-5,7-10,13-16,22-23H,2-3,6,11-12,17-19H2,1H3/t22-/m0/s1. The molecule has 0 radical (unpaired) electrons. The molecule has 0 aliphatic heterocycles. The summed E-state index contributed by atoms with van der Waals surface area (Å²) in [7, 11) is 2.10. The third kappa shape index (κ3) is 7.47. The van der Waals surface area contributed by atoms with E-state index in [2.05, 4.69) is 73.0 Å². The zero-order chi connectivity index (χ0) is 16.2. The molecule has 0 aromatic heterocycles. The van der Waals surface area contributed by atoms with Crippen molar-refractivity contribution >= 4 is 0 Å². The van der Waals surface area contributed by atoms with Crippen LogP contribution in [0.15, 0.2) is 60.7 Å². The number of rotatable bonds is 11. The summed E-state index contributed by atoms with van der Waals surface area (Å²) in [6.45, 7) is 0. The summed E-state index contributed by atoms with van der Waals surface area (Å²) in [5, 5.41) is 3.49. The normalized spacial score (nSPS) is 12.2. The highest BCUT2D eigenvalue weighted by Crippen LogP contribution is 2.13. The second kappa shape index (κ2) is 11.0. The van der Waals surface area contributed by atoms with Crippen LogP contribution in [-0.4, -0.2) is 13.1 Å². The molecule has 0 fully saturated rings. The molecule has 0 saturated heterocycles. The van der Waals surface area contributed by atoms with Crippen LogP contribution in [0.5, 0.6) is 0 Å². The highest BCUT2D eigenvalue weighted by atomic mass is 14.9. The number of hydrogen-bond donors (Lipinski definition) is 1. The first-order chi connectivity index (χ1) is 11.4. The first-order valence-corrected chi connectivity index (χ1v) is 9.13. The SMILES string of the molecule is CN[C@@H](CCCCCCc1ccccc1)CCc1ccccc1. The topological polar surface area (TPSA) is 12.0 Å². The Kier molecular flexibility index (Phi) is 8.50. The molecule has 2 aromatic rings. The lowest BCUT2D eigenvalue weighted by Crippen LogP contribution is -2.25. The summed E-state index contributed by atoms with van der Waals surface area (Å²) in [6, 6.07) is 22.3. The third-order valence-electron chi connectivity index (χ3n) is 4.64. The lowest BCUT2D eigenvalue weighted by molar-refractivity contribution is 0.460. The van der Waals surface area contributed by atoms with E-state index in [1.165, 1.54) is 62.5 Å². The Morgan fingerprint density at radius 1 is 0.652 bits per heavy atom. The third-order valence-corrected chi connectivity index (χ3v) is 4.64. The second-order valence-electron chi connectivity index (χ2n) is 6.45. The molecule has 1 atom stereocenters. The van der Waals surface area contributed by atoms with E-state index in [1.54, 1.807) is 0 Å². The molecule has 1 heteroatoms. The summed E-state index contributed by atoms with van der Waals surface area (Å²) >= 11 is 0. The van der Waals surface area contributed by atoms with Gasteiger partial charge >= 0.3 is 0 Å². The molecule has 1 N–H and O–H groups in total. The minimum Gasteiger partial charge on any atom is -0.317 e. The molecular weight excluding hydrogens is 278 g/mol. The van der Waals surface area contributed by atoms with Crippen molar-refractivity contribution in [2.24, 2.45) is 0 Å². The minimum absolute atomic E-state index is 0.657. The van der Waals surface area contributed by atoms with E-state index in [0.29, 0.717) is 6.04 Å². The molecule has 0 aliphatic carbocycles. The Hall–Kier alpha value is -1.60. The summed E-state index contributed by atoms with van der Waals surface area (Å²) < 4.78 is 0. The summed E-state index contributed by atoms with van der Waals surface area (Å²) in [5.41, 5.74) is 2.93. The largest absolute Gasteiger partial charge is 0.317 e. The van der Waals surface area contributed by atoms with Crippen LogP contribution in [0.3, 0.4) is 0 Å². The van der Waals surface area contributed by atoms with Crippen LogP contribution >= 0.6 is 0 Å². The van der Waals surface area contributed by atoms with Gasteiger partial charge in [-0.25, -0.2) is 0 Å². The van der Waals surface area contributed by atoms with Gasteiger partial charge in [0.2, 0.25) is 0 Å². The van der Waals surface area contributed by atoms with E-state index in [4.69, 9.17) is 0 Å². The molecule has 2 aromatic carbocycles. The lowest BCUT2D eigenvalue weighted by Gasteiger charge is -2.16. The summed E-state index contributed by atoms with van der Waals surface area (Å²) in [6.07, 6.45) is 10.3. The van der Waals surface area contributed by atoms with E-state index in [9.17, 15) is 0 Å². The number of nitrogens with one attached hydrogen (secondary N) is 1. The van der Waals surface area contributed by atoms with Gasteiger partial charge in [0, 0.05) is 6.04 Å². The molecule has 2 rings (SSSR count). The molecular formula is C22H31N. The van der Waals surface area contributed by atoms with Crippen LogP contribution in [-0.2, 0) is 12.8 Å². The fourth-order valence-corrected chi connectivity index (χ4v) is 3.14. The minimum atomic E-state index is 0.657. The van der Waals surface area contributed by atoms with Gasteiger partial charge in [0.1, 0.15) is 0 Å². The predicted octanol–water partition coefficient (Wildman–Crippen LogP) is 5.40. The molecule has 0 bridgehead atoms. The van der Waals surface area contributed by atoms with Crippen LogP contribution in [0.1, 0.15) is 49.7 Å². The first kappa shape index (κ1) is 17.7. The molecule has 1 nitrogen and oxygen atoms in total. The van der Waals surface area contributed by atoms with E-state index in [-0.39, 0.29) is 0 Å². The highest BCUT2D eigenvalue weighted by Gasteiger charge is 2.06. The van der Waals surface area contributed by atoms with Crippen LogP contribution in [0, 0.1) is 0 Å². The Morgan fingerprint density at radius 3 is 1.83 bits per heavy atom. The van der Waals surface area contributed by atoms with Crippen molar-refractivity contribution in [3.8, 4) is 0 Å². The zero-order valence-corrected chi connectivity index (χ0v) is 14.5. The average molecular weight is 309 g/mol. The van der Waals surface area contributed by atoms with Gasteiger partial charge in [0.25, 0.3) is 0 Å². The van der Waals surface area contributed by atoms with Crippen molar-refractivity contribution < 1.29 is 0 Å². The van der Waals surface area contributed by atoms with Crippen LogP contribution in [0.25, 0.3) is 0 Å². The Bertz CT molecular complexity index is 506. The van der Waals surface area contributed by atoms with Crippen molar-refractivity contribution in [3.63, 3.8) is 0 Å². The summed E-state index contributed by atoms with van der Waals surface area (Å²) in [4.78, 5) is 0. The van der Waals surface area contributed by atoms with Crippen molar-refractivity contribution in [1.29, 1.82) is 0 Å². The van der Waals surface area contributed by atoms with Crippen molar-refractivity contribution in [1.82, 2.24) is 5.32 Å². The fraction of sp³-hybridized carbons (Fsp3) is 0.455. The molecule has 0 aliphatic rings. The molecule has 0 amide bonds. The van der Waals surface area contributed by atoms with Gasteiger partial charge < -0.3 is 5.32 Å².